The van der Waals surface area contributed by atoms with E-state index in [0.717, 1.165) is 11.1 Å². The standard InChI is InChI=1S/C15H11Cl2NO/c16-13-2-1-3-14(17)12(13)8-15(19)11-6-4-10(9-18)5-7-11/h1-7,15,19H,8H2. The molecule has 2 aromatic carbocycles. The average molecular weight is 292 g/mol. The second-order valence-corrected chi connectivity index (χ2v) is 4.97. The number of rotatable bonds is 3. The molecule has 0 saturated carbocycles. The van der Waals surface area contributed by atoms with Gasteiger partial charge in [-0.2, -0.15) is 5.26 Å². The molecule has 0 saturated heterocycles. The van der Waals surface area contributed by atoms with E-state index in [1.807, 2.05) is 6.07 Å². The first-order chi connectivity index (χ1) is 9.11. The first-order valence-corrected chi connectivity index (χ1v) is 6.48. The summed E-state index contributed by atoms with van der Waals surface area (Å²) in [6.07, 6.45) is -0.366. The Morgan fingerprint density at radius 3 is 2.16 bits per heavy atom. The highest BCUT2D eigenvalue weighted by Gasteiger charge is 2.13. The lowest BCUT2D eigenvalue weighted by Crippen LogP contribution is -2.03. The number of nitrogens with zero attached hydrogens (tertiary/aromatic N) is 1. The summed E-state index contributed by atoms with van der Waals surface area (Å²) in [4.78, 5) is 0. The smallest absolute Gasteiger partial charge is 0.0991 e. The first-order valence-electron chi connectivity index (χ1n) is 5.73. The minimum atomic E-state index is -0.704. The molecule has 1 unspecified atom stereocenters. The SMILES string of the molecule is N#Cc1ccc(C(O)Cc2c(Cl)cccc2Cl)cc1. The van der Waals surface area contributed by atoms with E-state index in [1.165, 1.54) is 0 Å². The summed E-state index contributed by atoms with van der Waals surface area (Å²) in [5, 5.41) is 20.0. The van der Waals surface area contributed by atoms with Crippen LogP contribution in [0.15, 0.2) is 42.5 Å². The fourth-order valence-electron chi connectivity index (χ4n) is 1.82. The lowest BCUT2D eigenvalue weighted by Gasteiger charge is -2.13. The van der Waals surface area contributed by atoms with E-state index >= 15 is 0 Å². The third kappa shape index (κ3) is 3.27. The zero-order valence-electron chi connectivity index (χ0n) is 9.98. The molecular weight excluding hydrogens is 281 g/mol. The molecule has 1 atom stereocenters. The zero-order chi connectivity index (χ0) is 13.8. The Labute approximate surface area is 121 Å². The fourth-order valence-corrected chi connectivity index (χ4v) is 2.37. The van der Waals surface area contributed by atoms with Crippen LogP contribution in [-0.4, -0.2) is 5.11 Å². The van der Waals surface area contributed by atoms with Gasteiger partial charge in [0.1, 0.15) is 0 Å². The fraction of sp³-hybridized carbons (Fsp3) is 0.133. The molecule has 0 aromatic heterocycles. The van der Waals surface area contributed by atoms with E-state index in [0.29, 0.717) is 22.0 Å². The van der Waals surface area contributed by atoms with Gasteiger partial charge in [-0.05, 0) is 35.4 Å². The van der Waals surface area contributed by atoms with Crippen LogP contribution < -0.4 is 0 Å². The Kier molecular flexibility index (Phi) is 4.44. The summed E-state index contributed by atoms with van der Waals surface area (Å²) < 4.78 is 0. The molecule has 0 heterocycles. The van der Waals surface area contributed by atoms with Crippen molar-refractivity contribution in [3.8, 4) is 6.07 Å². The van der Waals surface area contributed by atoms with E-state index in [1.54, 1.807) is 42.5 Å². The molecule has 1 N–H and O–H groups in total. The molecule has 2 nitrogen and oxygen atoms in total. The minimum absolute atomic E-state index is 0.338. The van der Waals surface area contributed by atoms with Crippen LogP contribution in [0.2, 0.25) is 10.0 Å². The summed E-state index contributed by atoms with van der Waals surface area (Å²) >= 11 is 12.1. The van der Waals surface area contributed by atoms with Crippen LogP contribution in [0, 0.1) is 11.3 Å². The van der Waals surface area contributed by atoms with Gasteiger partial charge in [-0.15, -0.1) is 0 Å². The molecule has 0 bridgehead atoms. The van der Waals surface area contributed by atoms with Crippen LogP contribution in [-0.2, 0) is 6.42 Å². The van der Waals surface area contributed by atoms with Crippen molar-refractivity contribution in [2.45, 2.75) is 12.5 Å². The zero-order valence-corrected chi connectivity index (χ0v) is 11.5. The summed E-state index contributed by atoms with van der Waals surface area (Å²) in [5.41, 5.74) is 2.02. The number of aliphatic hydroxyl groups excluding tert-OH is 1. The van der Waals surface area contributed by atoms with E-state index < -0.39 is 6.10 Å². The molecule has 0 fully saturated rings. The maximum absolute atomic E-state index is 10.2. The highest BCUT2D eigenvalue weighted by atomic mass is 35.5. The van der Waals surface area contributed by atoms with E-state index in [4.69, 9.17) is 28.5 Å². The van der Waals surface area contributed by atoms with Crippen molar-refractivity contribution in [1.29, 1.82) is 5.26 Å². The molecule has 0 amide bonds. The number of benzene rings is 2. The van der Waals surface area contributed by atoms with Gasteiger partial charge in [0.05, 0.1) is 17.7 Å². The monoisotopic (exact) mass is 291 g/mol. The molecule has 0 radical (unpaired) electrons. The molecule has 0 aliphatic carbocycles. The van der Waals surface area contributed by atoms with Gasteiger partial charge in [0.15, 0.2) is 0 Å². The second kappa shape index (κ2) is 6.08. The number of nitriles is 1. The minimum Gasteiger partial charge on any atom is -0.388 e. The van der Waals surface area contributed by atoms with Crippen LogP contribution >= 0.6 is 23.2 Å². The average Bonchev–Trinajstić information content (AvgIpc) is 2.43. The number of aliphatic hydroxyl groups is 1. The van der Waals surface area contributed by atoms with Crippen molar-refractivity contribution in [1.82, 2.24) is 0 Å². The molecule has 0 aliphatic heterocycles. The number of hydrogen-bond donors (Lipinski definition) is 1. The van der Waals surface area contributed by atoms with Gasteiger partial charge in [-0.25, -0.2) is 0 Å². The second-order valence-electron chi connectivity index (χ2n) is 4.15. The Morgan fingerprint density at radius 2 is 1.63 bits per heavy atom. The largest absolute Gasteiger partial charge is 0.388 e. The first kappa shape index (κ1) is 13.9. The molecule has 96 valence electrons. The van der Waals surface area contributed by atoms with Crippen LogP contribution in [0.3, 0.4) is 0 Å². The molecule has 4 heteroatoms. The molecular formula is C15H11Cl2NO. The van der Waals surface area contributed by atoms with Gasteiger partial charge in [0.25, 0.3) is 0 Å². The van der Waals surface area contributed by atoms with Crippen LogP contribution in [0.4, 0.5) is 0 Å². The molecule has 2 rings (SSSR count). The topological polar surface area (TPSA) is 44.0 Å². The maximum Gasteiger partial charge on any atom is 0.0991 e. The van der Waals surface area contributed by atoms with Gasteiger partial charge in [-0.3, -0.25) is 0 Å². The summed E-state index contributed by atoms with van der Waals surface area (Å²) in [5.74, 6) is 0. The molecule has 2 aromatic rings. The summed E-state index contributed by atoms with van der Waals surface area (Å²) in [6, 6.07) is 14.1. The third-order valence-corrected chi connectivity index (χ3v) is 3.59. The van der Waals surface area contributed by atoms with Crippen molar-refractivity contribution in [2.75, 3.05) is 0 Å². The number of hydrogen-bond acceptors (Lipinski definition) is 2. The molecule has 0 spiro atoms. The summed E-state index contributed by atoms with van der Waals surface area (Å²) in [6.45, 7) is 0. The number of halogens is 2. The van der Waals surface area contributed by atoms with Crippen molar-refractivity contribution in [3.05, 3.63) is 69.2 Å². The predicted octanol–water partition coefficient (Wildman–Crippen LogP) is 4.14. The van der Waals surface area contributed by atoms with Gasteiger partial charge in [0, 0.05) is 16.5 Å². The van der Waals surface area contributed by atoms with Gasteiger partial charge in [-0.1, -0.05) is 41.4 Å². The van der Waals surface area contributed by atoms with Crippen LogP contribution in [0.5, 0.6) is 0 Å². The van der Waals surface area contributed by atoms with Crippen molar-refractivity contribution >= 4 is 23.2 Å². The van der Waals surface area contributed by atoms with Crippen LogP contribution in [0.1, 0.15) is 22.8 Å². The highest BCUT2D eigenvalue weighted by Crippen LogP contribution is 2.29. The molecule has 19 heavy (non-hydrogen) atoms. The Hall–Kier alpha value is -1.53. The molecule has 0 aliphatic rings. The predicted molar refractivity (Wildman–Crippen MR) is 76.3 cm³/mol. The van der Waals surface area contributed by atoms with Crippen molar-refractivity contribution in [3.63, 3.8) is 0 Å². The summed E-state index contributed by atoms with van der Waals surface area (Å²) in [7, 11) is 0. The Morgan fingerprint density at radius 1 is 1.05 bits per heavy atom. The Balaban J connectivity index is 2.21. The van der Waals surface area contributed by atoms with Crippen molar-refractivity contribution in [2.24, 2.45) is 0 Å². The lowest BCUT2D eigenvalue weighted by atomic mass is 10.0. The third-order valence-electron chi connectivity index (χ3n) is 2.88. The lowest BCUT2D eigenvalue weighted by molar-refractivity contribution is 0.178. The quantitative estimate of drug-likeness (QED) is 0.924. The maximum atomic E-state index is 10.2. The van der Waals surface area contributed by atoms with Crippen LogP contribution in [0.25, 0.3) is 0 Å². The van der Waals surface area contributed by atoms with E-state index in [9.17, 15) is 5.11 Å². The van der Waals surface area contributed by atoms with E-state index in [-0.39, 0.29) is 0 Å². The normalized spacial score (nSPS) is 11.9. The van der Waals surface area contributed by atoms with E-state index in [2.05, 4.69) is 0 Å². The highest BCUT2D eigenvalue weighted by molar-refractivity contribution is 6.35. The van der Waals surface area contributed by atoms with Gasteiger partial charge in [0.2, 0.25) is 0 Å². The van der Waals surface area contributed by atoms with Gasteiger partial charge >= 0.3 is 0 Å². The van der Waals surface area contributed by atoms with Gasteiger partial charge < -0.3 is 5.11 Å². The Bertz CT molecular complexity index is 597. The van der Waals surface area contributed by atoms with Crippen molar-refractivity contribution < 1.29 is 5.11 Å².